The fourth-order valence-electron chi connectivity index (χ4n) is 4.21. The van der Waals surface area contributed by atoms with Gasteiger partial charge in [0.05, 0.1) is 12.2 Å². The average Bonchev–Trinajstić information content (AvgIpc) is 2.83. The quantitative estimate of drug-likeness (QED) is 0.410. The molecule has 0 bridgehead atoms. The van der Waals surface area contributed by atoms with Crippen LogP contribution in [0.5, 0.6) is 0 Å². The predicted molar refractivity (Wildman–Crippen MR) is 141 cm³/mol. The third-order valence-electron chi connectivity index (χ3n) is 6.39. The fourth-order valence-corrected chi connectivity index (χ4v) is 4.58. The largest absolute Gasteiger partial charge is 0.465 e. The van der Waals surface area contributed by atoms with Crippen LogP contribution < -0.4 is 15.1 Å². The number of hydrogen-bond acceptors (Lipinski definition) is 6. The molecule has 0 spiro atoms. The van der Waals surface area contributed by atoms with Crippen molar-refractivity contribution in [3.63, 3.8) is 0 Å². The van der Waals surface area contributed by atoms with Crippen LogP contribution in [-0.4, -0.2) is 58.3 Å². The number of hydrogen-bond donors (Lipinski definition) is 2. The molecule has 2 atom stereocenters. The van der Waals surface area contributed by atoms with Gasteiger partial charge in [0.1, 0.15) is 11.6 Å². The number of rotatable bonds is 6. The first-order valence-electron chi connectivity index (χ1n) is 11.4. The van der Waals surface area contributed by atoms with Crippen LogP contribution in [0.2, 0.25) is 10.0 Å². The van der Waals surface area contributed by atoms with Crippen molar-refractivity contribution in [1.29, 1.82) is 0 Å². The number of nitrogens with zero attached hydrogens (tertiary/aromatic N) is 5. The number of nitrogens with one attached hydrogen (secondary N) is 1. The van der Waals surface area contributed by atoms with Crippen LogP contribution in [0.25, 0.3) is 0 Å². The number of halogens is 3. The monoisotopic (exact) mass is 532 g/mol. The lowest BCUT2D eigenvalue weighted by atomic mass is 10.1. The van der Waals surface area contributed by atoms with Crippen LogP contribution in [0, 0.1) is 5.82 Å². The molecule has 2 heterocycles. The zero-order valence-electron chi connectivity index (χ0n) is 20.1. The predicted octanol–water partition coefficient (Wildman–Crippen LogP) is 5.88. The molecule has 0 unspecified atom stereocenters. The van der Waals surface area contributed by atoms with Crippen LogP contribution in [0.15, 0.2) is 48.7 Å². The number of likely N-dealkylation sites (N-methyl/N-ethyl adjacent to an activating group) is 1. The van der Waals surface area contributed by atoms with Gasteiger partial charge in [0.15, 0.2) is 0 Å². The van der Waals surface area contributed by atoms with Gasteiger partial charge < -0.3 is 15.3 Å². The lowest BCUT2D eigenvalue weighted by Gasteiger charge is -2.43. The maximum atomic E-state index is 15.1. The van der Waals surface area contributed by atoms with Crippen molar-refractivity contribution in [2.24, 2.45) is 0 Å². The molecule has 1 aliphatic rings. The molecule has 3 aromatic rings. The second-order valence-corrected chi connectivity index (χ2v) is 9.75. The van der Waals surface area contributed by atoms with E-state index in [1.807, 2.05) is 0 Å². The summed E-state index contributed by atoms with van der Waals surface area (Å²) in [4.78, 5) is 25.8. The van der Waals surface area contributed by atoms with Crippen LogP contribution in [0.4, 0.5) is 32.3 Å². The molecule has 36 heavy (non-hydrogen) atoms. The standard InChI is InChI=1S/C25H27Cl2FN6O2/c1-15-12-33(13-16(2)32(15)3)22-7-5-19(11-21(22)28)30-24-29-9-8-23(31-24)34(25(35)36)14-17-10-18(26)4-6-20(17)27/h4-11,15-16H,12-14H2,1-3H3,(H,35,36)(H,29,30,31)/t15-,16+. The first-order chi connectivity index (χ1) is 17.1. The molecular formula is C25H27Cl2FN6O2. The van der Waals surface area contributed by atoms with Crippen molar-refractivity contribution in [3.05, 3.63) is 70.1 Å². The number of aromatic nitrogens is 2. The van der Waals surface area contributed by atoms with Crippen molar-refractivity contribution in [3.8, 4) is 0 Å². The summed E-state index contributed by atoms with van der Waals surface area (Å²) in [6.07, 6.45) is 0.208. The van der Waals surface area contributed by atoms with Crippen LogP contribution in [0.3, 0.4) is 0 Å². The average molecular weight is 533 g/mol. The van der Waals surface area contributed by atoms with E-state index in [0.29, 0.717) is 39.1 Å². The Morgan fingerprint density at radius 1 is 1.17 bits per heavy atom. The van der Waals surface area contributed by atoms with Gasteiger partial charge in [0.2, 0.25) is 5.95 Å². The summed E-state index contributed by atoms with van der Waals surface area (Å²) >= 11 is 12.3. The number of anilines is 4. The van der Waals surface area contributed by atoms with E-state index in [0.717, 1.165) is 18.0 Å². The van der Waals surface area contributed by atoms with Gasteiger partial charge in [-0.2, -0.15) is 4.98 Å². The molecule has 4 rings (SSSR count). The highest BCUT2D eigenvalue weighted by Crippen LogP contribution is 2.28. The van der Waals surface area contributed by atoms with E-state index in [1.54, 1.807) is 30.3 Å². The van der Waals surface area contributed by atoms with Crippen LogP contribution in [0.1, 0.15) is 19.4 Å². The Balaban J connectivity index is 1.52. The SMILES string of the molecule is C[C@@H]1CN(c2ccc(Nc3nccc(N(Cc4cc(Cl)ccc4Cl)C(=O)O)n3)cc2F)C[C@H](C)N1C. The van der Waals surface area contributed by atoms with E-state index < -0.39 is 6.09 Å². The van der Waals surface area contributed by atoms with Crippen molar-refractivity contribution in [2.75, 3.05) is 35.3 Å². The van der Waals surface area contributed by atoms with Crippen LogP contribution in [-0.2, 0) is 6.54 Å². The Labute approximate surface area is 219 Å². The molecule has 2 aromatic carbocycles. The molecule has 0 radical (unpaired) electrons. The summed E-state index contributed by atoms with van der Waals surface area (Å²) in [5.74, 6) is -0.0960. The molecule has 1 aromatic heterocycles. The molecule has 1 aliphatic heterocycles. The summed E-state index contributed by atoms with van der Waals surface area (Å²) in [6, 6.07) is 11.8. The third kappa shape index (κ3) is 5.80. The molecule has 11 heteroatoms. The normalized spacial score (nSPS) is 18.2. The second-order valence-electron chi connectivity index (χ2n) is 8.90. The molecule has 1 fully saturated rings. The summed E-state index contributed by atoms with van der Waals surface area (Å²) in [5.41, 5.74) is 1.52. The second kappa shape index (κ2) is 10.9. The highest BCUT2D eigenvalue weighted by atomic mass is 35.5. The van der Waals surface area contributed by atoms with Gasteiger partial charge in [-0.25, -0.2) is 14.2 Å². The van der Waals surface area contributed by atoms with E-state index in [-0.39, 0.29) is 24.1 Å². The number of carboxylic acid groups (broad SMARTS) is 1. The number of amides is 1. The molecule has 0 aliphatic carbocycles. The minimum Gasteiger partial charge on any atom is -0.465 e. The summed E-state index contributed by atoms with van der Waals surface area (Å²) in [7, 11) is 2.08. The topological polar surface area (TPSA) is 84.8 Å². The zero-order chi connectivity index (χ0) is 26.0. The fraction of sp³-hybridized carbons (Fsp3) is 0.320. The summed E-state index contributed by atoms with van der Waals surface area (Å²) < 4.78 is 15.1. The van der Waals surface area contributed by atoms with E-state index >= 15 is 4.39 Å². The Morgan fingerprint density at radius 3 is 2.56 bits per heavy atom. The molecule has 2 N–H and O–H groups in total. The lowest BCUT2D eigenvalue weighted by molar-refractivity contribution is 0.169. The Hall–Kier alpha value is -3.14. The Morgan fingerprint density at radius 2 is 1.89 bits per heavy atom. The van der Waals surface area contributed by atoms with E-state index in [9.17, 15) is 9.90 Å². The first kappa shape index (κ1) is 25.9. The van der Waals surface area contributed by atoms with Gasteiger partial charge in [-0.1, -0.05) is 23.2 Å². The van der Waals surface area contributed by atoms with Gasteiger partial charge >= 0.3 is 6.09 Å². The lowest BCUT2D eigenvalue weighted by Crippen LogP contribution is -2.55. The summed E-state index contributed by atoms with van der Waals surface area (Å²) in [6.45, 7) is 5.66. The zero-order valence-corrected chi connectivity index (χ0v) is 21.6. The highest BCUT2D eigenvalue weighted by Gasteiger charge is 2.28. The molecule has 190 valence electrons. The van der Waals surface area contributed by atoms with Crippen molar-refractivity contribution in [2.45, 2.75) is 32.5 Å². The molecule has 8 nitrogen and oxygen atoms in total. The van der Waals surface area contributed by atoms with Crippen molar-refractivity contribution < 1.29 is 14.3 Å². The van der Waals surface area contributed by atoms with Crippen molar-refractivity contribution in [1.82, 2.24) is 14.9 Å². The molecule has 1 saturated heterocycles. The van der Waals surface area contributed by atoms with Gasteiger partial charge in [0, 0.05) is 47.1 Å². The van der Waals surface area contributed by atoms with Gasteiger partial charge in [0.25, 0.3) is 0 Å². The maximum Gasteiger partial charge on any atom is 0.413 e. The minimum absolute atomic E-state index is 0.0592. The maximum absolute atomic E-state index is 15.1. The van der Waals surface area contributed by atoms with Gasteiger partial charge in [-0.05, 0) is 68.9 Å². The number of benzene rings is 2. The van der Waals surface area contributed by atoms with E-state index in [1.165, 1.54) is 18.3 Å². The molecule has 1 amide bonds. The smallest absolute Gasteiger partial charge is 0.413 e. The highest BCUT2D eigenvalue weighted by molar-refractivity contribution is 6.33. The van der Waals surface area contributed by atoms with Gasteiger partial charge in [-0.3, -0.25) is 9.80 Å². The van der Waals surface area contributed by atoms with E-state index in [2.05, 4.69) is 46.0 Å². The Kier molecular flexibility index (Phi) is 7.82. The van der Waals surface area contributed by atoms with Crippen LogP contribution >= 0.6 is 23.2 Å². The molecular weight excluding hydrogens is 506 g/mol. The van der Waals surface area contributed by atoms with Gasteiger partial charge in [-0.15, -0.1) is 0 Å². The number of piperazine rings is 1. The van der Waals surface area contributed by atoms with E-state index in [4.69, 9.17) is 23.2 Å². The number of carbonyl (C=O) groups is 1. The molecule has 0 saturated carbocycles. The van der Waals surface area contributed by atoms with Crippen molar-refractivity contribution >= 4 is 52.4 Å². The minimum atomic E-state index is -1.22. The Bertz CT molecular complexity index is 1250. The summed E-state index contributed by atoms with van der Waals surface area (Å²) in [5, 5.41) is 13.6. The first-order valence-corrected chi connectivity index (χ1v) is 12.2. The third-order valence-corrected chi connectivity index (χ3v) is 6.99.